The number of carbonyl (C=O) groups excluding carboxylic acids is 1. The van der Waals surface area contributed by atoms with Crippen LogP contribution in [0.25, 0.3) is 22.2 Å². The average molecular weight is 324 g/mol. The van der Waals surface area contributed by atoms with Crippen LogP contribution in [-0.4, -0.2) is 27.1 Å². The number of unbranched alkanes of at least 4 members (excludes halogenated alkanes) is 1. The van der Waals surface area contributed by atoms with Crippen molar-refractivity contribution in [2.24, 2.45) is 0 Å². The van der Waals surface area contributed by atoms with E-state index >= 15 is 0 Å². The average Bonchev–Trinajstić information content (AvgIpc) is 2.86. The number of nitrogen functional groups attached to an aromatic ring is 1. The topological polar surface area (TPSA) is 83.0 Å². The second kappa shape index (κ2) is 6.70. The zero-order valence-corrected chi connectivity index (χ0v) is 13.7. The number of anilines is 1. The maximum Gasteiger partial charge on any atom is 0.344 e. The van der Waals surface area contributed by atoms with Crippen molar-refractivity contribution in [3.05, 3.63) is 42.5 Å². The third-order valence-electron chi connectivity index (χ3n) is 3.86. The Hall–Kier alpha value is -2.89. The third-order valence-corrected chi connectivity index (χ3v) is 3.86. The molecule has 3 aromatic rings. The van der Waals surface area contributed by atoms with E-state index in [4.69, 9.17) is 10.5 Å². The Morgan fingerprint density at radius 1 is 1.33 bits per heavy atom. The molecule has 0 saturated heterocycles. The molecule has 0 radical (unpaired) electrons. The maximum absolute atomic E-state index is 12.4. The van der Waals surface area contributed by atoms with Gasteiger partial charge in [0.25, 0.3) is 0 Å². The molecule has 1 aromatic carbocycles. The minimum Gasteiger partial charge on any atom is -0.458 e. The number of carbonyl (C=O) groups is 1. The van der Waals surface area contributed by atoms with Gasteiger partial charge in [-0.2, -0.15) is 0 Å². The van der Waals surface area contributed by atoms with Crippen molar-refractivity contribution in [2.45, 2.75) is 26.3 Å². The van der Waals surface area contributed by atoms with Crippen LogP contribution in [0.2, 0.25) is 0 Å². The monoisotopic (exact) mass is 324 g/mol. The summed E-state index contributed by atoms with van der Waals surface area (Å²) in [6.07, 6.45) is 3.46. The number of hydrogen-bond donors (Lipinski definition) is 1. The molecule has 0 aliphatic heterocycles. The van der Waals surface area contributed by atoms with Gasteiger partial charge in [0.05, 0.1) is 11.0 Å². The van der Waals surface area contributed by atoms with Gasteiger partial charge in [-0.15, -0.1) is 0 Å². The highest BCUT2D eigenvalue weighted by Gasteiger charge is 2.24. The molecule has 0 aliphatic rings. The molecule has 0 spiro atoms. The molecule has 0 aliphatic carbocycles. The van der Waals surface area contributed by atoms with Gasteiger partial charge in [0.2, 0.25) is 0 Å². The van der Waals surface area contributed by atoms with Crippen LogP contribution >= 0.6 is 0 Å². The zero-order chi connectivity index (χ0) is 17.1. The van der Waals surface area contributed by atoms with Gasteiger partial charge in [0.15, 0.2) is 5.65 Å². The SMILES string of the molecule is C=CCOC(=O)c1c(N)n(CCCC)c2nc3ccccc3nc12. The summed E-state index contributed by atoms with van der Waals surface area (Å²) in [4.78, 5) is 21.7. The van der Waals surface area contributed by atoms with Crippen LogP contribution in [-0.2, 0) is 11.3 Å². The van der Waals surface area contributed by atoms with E-state index in [2.05, 4.69) is 23.5 Å². The van der Waals surface area contributed by atoms with E-state index in [1.165, 1.54) is 6.08 Å². The molecule has 0 fully saturated rings. The predicted molar refractivity (Wildman–Crippen MR) is 94.8 cm³/mol. The van der Waals surface area contributed by atoms with Crippen LogP contribution in [0.4, 0.5) is 5.82 Å². The molecule has 2 heterocycles. The summed E-state index contributed by atoms with van der Waals surface area (Å²) in [6, 6.07) is 7.55. The largest absolute Gasteiger partial charge is 0.458 e. The Balaban J connectivity index is 2.24. The van der Waals surface area contributed by atoms with Crippen LogP contribution in [0.1, 0.15) is 30.1 Å². The van der Waals surface area contributed by atoms with E-state index in [1.54, 1.807) is 0 Å². The molecule has 3 rings (SSSR count). The van der Waals surface area contributed by atoms with Gasteiger partial charge in [-0.05, 0) is 18.6 Å². The van der Waals surface area contributed by atoms with Gasteiger partial charge >= 0.3 is 5.97 Å². The number of para-hydroxylation sites is 2. The molecule has 0 atom stereocenters. The van der Waals surface area contributed by atoms with Crippen molar-refractivity contribution >= 4 is 34.0 Å². The number of nitrogens with zero attached hydrogens (tertiary/aromatic N) is 3. The lowest BCUT2D eigenvalue weighted by atomic mass is 10.2. The van der Waals surface area contributed by atoms with Crippen molar-refractivity contribution in [3.8, 4) is 0 Å². The lowest BCUT2D eigenvalue weighted by Gasteiger charge is -2.06. The number of aromatic nitrogens is 3. The van der Waals surface area contributed by atoms with Crippen LogP contribution in [0.15, 0.2) is 36.9 Å². The van der Waals surface area contributed by atoms with Crippen LogP contribution in [0.3, 0.4) is 0 Å². The van der Waals surface area contributed by atoms with Crippen molar-refractivity contribution in [3.63, 3.8) is 0 Å². The fourth-order valence-corrected chi connectivity index (χ4v) is 2.67. The predicted octanol–water partition coefficient (Wildman–Crippen LogP) is 3.31. The second-order valence-electron chi connectivity index (χ2n) is 5.54. The molecular weight excluding hydrogens is 304 g/mol. The molecule has 2 aromatic heterocycles. The van der Waals surface area contributed by atoms with Gasteiger partial charge in [-0.3, -0.25) is 0 Å². The highest BCUT2D eigenvalue weighted by molar-refractivity contribution is 6.08. The molecule has 24 heavy (non-hydrogen) atoms. The Bertz CT molecular complexity index is 914. The molecule has 0 bridgehead atoms. The molecule has 0 amide bonds. The van der Waals surface area contributed by atoms with E-state index in [1.807, 2.05) is 28.8 Å². The van der Waals surface area contributed by atoms with E-state index in [0.717, 1.165) is 23.9 Å². The minimum atomic E-state index is -0.503. The van der Waals surface area contributed by atoms with E-state index in [-0.39, 0.29) is 12.2 Å². The van der Waals surface area contributed by atoms with Crippen molar-refractivity contribution < 1.29 is 9.53 Å². The van der Waals surface area contributed by atoms with E-state index in [9.17, 15) is 4.79 Å². The van der Waals surface area contributed by atoms with Gasteiger partial charge in [0, 0.05) is 6.54 Å². The maximum atomic E-state index is 12.4. The minimum absolute atomic E-state index is 0.126. The number of ether oxygens (including phenoxy) is 1. The summed E-state index contributed by atoms with van der Waals surface area (Å²) in [7, 11) is 0. The van der Waals surface area contributed by atoms with Crippen LogP contribution in [0.5, 0.6) is 0 Å². The molecule has 0 saturated carbocycles. The fourth-order valence-electron chi connectivity index (χ4n) is 2.67. The molecule has 6 nitrogen and oxygen atoms in total. The number of fused-ring (bicyclic) bond motifs is 2. The smallest absolute Gasteiger partial charge is 0.344 e. The molecular formula is C18H20N4O2. The van der Waals surface area contributed by atoms with Crippen molar-refractivity contribution in [2.75, 3.05) is 12.3 Å². The van der Waals surface area contributed by atoms with E-state index < -0.39 is 5.97 Å². The van der Waals surface area contributed by atoms with Crippen LogP contribution < -0.4 is 5.73 Å². The van der Waals surface area contributed by atoms with Gasteiger partial charge in [-0.25, -0.2) is 14.8 Å². The first-order valence-corrected chi connectivity index (χ1v) is 7.99. The number of nitrogens with two attached hydrogens (primary N) is 1. The highest BCUT2D eigenvalue weighted by atomic mass is 16.5. The second-order valence-corrected chi connectivity index (χ2v) is 5.54. The normalized spacial score (nSPS) is 11.0. The standard InChI is InChI=1S/C18H20N4O2/c1-3-5-10-22-16(19)14(18(23)24-11-4-2)15-17(22)21-13-9-7-6-8-12(13)20-15/h4,6-9H,2-3,5,10-11,19H2,1H3. The highest BCUT2D eigenvalue weighted by Crippen LogP contribution is 2.28. The third kappa shape index (κ3) is 2.71. The van der Waals surface area contributed by atoms with Crippen LogP contribution in [0, 0.1) is 0 Å². The first kappa shape index (κ1) is 16.0. The van der Waals surface area contributed by atoms with Crippen molar-refractivity contribution in [1.82, 2.24) is 14.5 Å². The fraction of sp³-hybridized carbons (Fsp3) is 0.278. The molecule has 6 heteroatoms. The summed E-state index contributed by atoms with van der Waals surface area (Å²) >= 11 is 0. The summed E-state index contributed by atoms with van der Waals surface area (Å²) in [5.41, 5.74) is 9.11. The number of aryl methyl sites for hydroxylation is 1. The van der Waals surface area contributed by atoms with Gasteiger partial charge in [-0.1, -0.05) is 38.1 Å². The zero-order valence-electron chi connectivity index (χ0n) is 13.7. The summed E-state index contributed by atoms with van der Waals surface area (Å²) in [6.45, 7) is 6.46. The van der Waals surface area contributed by atoms with Crippen molar-refractivity contribution in [1.29, 1.82) is 0 Å². The van der Waals surface area contributed by atoms with E-state index in [0.29, 0.717) is 23.5 Å². The Morgan fingerprint density at radius 2 is 2.04 bits per heavy atom. The molecule has 2 N–H and O–H groups in total. The lowest BCUT2D eigenvalue weighted by molar-refractivity contribution is 0.0553. The quantitative estimate of drug-likeness (QED) is 0.555. The first-order chi connectivity index (χ1) is 11.7. The number of benzene rings is 1. The number of rotatable bonds is 6. The number of esters is 1. The van der Waals surface area contributed by atoms with Gasteiger partial charge < -0.3 is 15.0 Å². The Labute approximate surface area is 139 Å². The molecule has 124 valence electrons. The summed E-state index contributed by atoms with van der Waals surface area (Å²) in [5.74, 6) is -0.153. The number of hydrogen-bond acceptors (Lipinski definition) is 5. The Morgan fingerprint density at radius 3 is 2.71 bits per heavy atom. The first-order valence-electron chi connectivity index (χ1n) is 7.99. The summed E-state index contributed by atoms with van der Waals surface area (Å²) < 4.78 is 7.03. The lowest BCUT2D eigenvalue weighted by Crippen LogP contribution is -2.10. The molecule has 0 unspecified atom stereocenters. The summed E-state index contributed by atoms with van der Waals surface area (Å²) in [5, 5.41) is 0. The Kier molecular flexibility index (Phi) is 4.46. The van der Waals surface area contributed by atoms with Gasteiger partial charge in [0.1, 0.15) is 23.5 Å².